The van der Waals surface area contributed by atoms with Crippen LogP contribution < -0.4 is 0 Å². The van der Waals surface area contributed by atoms with Crippen LogP contribution in [0.15, 0.2) is 0 Å². The molecule has 0 saturated heterocycles. The van der Waals surface area contributed by atoms with Crippen molar-refractivity contribution in [2.75, 3.05) is 0 Å². The number of hydrogen-bond donors (Lipinski definition) is 0. The lowest BCUT2D eigenvalue weighted by Crippen LogP contribution is -2.32. The molecule has 0 aromatic heterocycles. The van der Waals surface area contributed by atoms with Crippen LogP contribution in [0.5, 0.6) is 0 Å². The first-order valence-electron chi connectivity index (χ1n) is 9.97. The molecule has 0 aliphatic carbocycles. The van der Waals surface area contributed by atoms with Crippen molar-refractivity contribution in [3.8, 4) is 0 Å². The quantitative estimate of drug-likeness (QED) is 0.319. The molecule has 0 aromatic carbocycles. The molecule has 0 aliphatic rings. The lowest BCUT2D eigenvalue weighted by molar-refractivity contribution is 0.332. The van der Waals surface area contributed by atoms with Gasteiger partial charge in [0.15, 0.2) is 0 Å². The lowest BCUT2D eigenvalue weighted by atomic mass is 9.89. The van der Waals surface area contributed by atoms with Crippen LogP contribution in [0.4, 0.5) is 0 Å². The molecule has 0 N–H and O–H groups in total. The summed E-state index contributed by atoms with van der Waals surface area (Å²) < 4.78 is 0. The van der Waals surface area contributed by atoms with Crippen molar-refractivity contribution < 1.29 is 0 Å². The highest BCUT2D eigenvalue weighted by Crippen LogP contribution is 2.41. The molecule has 0 spiro atoms. The maximum atomic E-state index is 2.52. The predicted octanol–water partition coefficient (Wildman–Crippen LogP) is 7.96. The van der Waals surface area contributed by atoms with E-state index in [9.17, 15) is 0 Å². The lowest BCUT2D eigenvalue weighted by Gasteiger charge is -2.36. The zero-order valence-corrected chi connectivity index (χ0v) is 18.6. The van der Waals surface area contributed by atoms with Crippen molar-refractivity contribution in [2.24, 2.45) is 16.2 Å². The fourth-order valence-corrected chi connectivity index (χ4v) is 10.6. The van der Waals surface area contributed by atoms with Crippen molar-refractivity contribution >= 4 is 14.1 Å². The molecule has 0 amide bonds. The molecule has 0 aromatic rings. The summed E-state index contributed by atoms with van der Waals surface area (Å²) in [6, 6.07) is 0. The van der Waals surface area contributed by atoms with Gasteiger partial charge in [-0.25, -0.2) is 0 Å². The monoisotopic (exact) mass is 324 g/mol. The molecular formula is C21H45Al. The Bertz CT molecular complexity index is 241. The molecule has 0 atom stereocenters. The van der Waals surface area contributed by atoms with Gasteiger partial charge in [-0.15, -0.1) is 0 Å². The molecule has 0 aliphatic heterocycles. The van der Waals surface area contributed by atoms with Gasteiger partial charge < -0.3 is 0 Å². The topological polar surface area (TPSA) is 0 Å². The fourth-order valence-electron chi connectivity index (χ4n) is 4.90. The Morgan fingerprint density at radius 1 is 0.500 bits per heavy atom. The minimum Gasteiger partial charge on any atom is -0.0887 e. The van der Waals surface area contributed by atoms with Crippen LogP contribution in [-0.4, -0.2) is 14.1 Å². The third-order valence-corrected chi connectivity index (χ3v) is 10.4. The van der Waals surface area contributed by atoms with Crippen LogP contribution in [0, 0.1) is 16.2 Å². The van der Waals surface area contributed by atoms with Gasteiger partial charge in [-0.3, -0.25) is 0 Å². The highest BCUT2D eigenvalue weighted by molar-refractivity contribution is 6.59. The third-order valence-electron chi connectivity index (χ3n) is 5.30. The van der Waals surface area contributed by atoms with Gasteiger partial charge in [0.2, 0.25) is 0 Å². The van der Waals surface area contributed by atoms with Crippen molar-refractivity contribution in [3.05, 3.63) is 0 Å². The van der Waals surface area contributed by atoms with E-state index >= 15 is 0 Å². The second-order valence-corrected chi connectivity index (χ2v) is 13.2. The highest BCUT2D eigenvalue weighted by atomic mass is 27.2. The Morgan fingerprint density at radius 3 is 0.909 bits per heavy atom. The van der Waals surface area contributed by atoms with Crippen LogP contribution in [0.3, 0.4) is 0 Å². The maximum Gasteiger partial charge on any atom is 0.263 e. The molecular weight excluding hydrogens is 279 g/mol. The first-order chi connectivity index (χ1) is 9.97. The standard InChI is InChI=1S/3C7H15.Al/c3*1-5-6-7(2,3)4;/h3*2,5-6H2,1,3-4H3;. The molecule has 22 heavy (non-hydrogen) atoms. The minimum absolute atomic E-state index is 0.566. The van der Waals surface area contributed by atoms with Crippen molar-refractivity contribution in [3.63, 3.8) is 0 Å². The van der Waals surface area contributed by atoms with Gasteiger partial charge in [0.1, 0.15) is 0 Å². The van der Waals surface area contributed by atoms with Crippen molar-refractivity contribution in [1.29, 1.82) is 0 Å². The number of rotatable bonds is 12. The SMILES string of the molecule is CCCC(C)(C)[CH2][Al]([CH2]C(C)(C)CCC)[CH2]C(C)(C)CCC. The van der Waals surface area contributed by atoms with Crippen LogP contribution in [0.2, 0.25) is 15.8 Å². The van der Waals surface area contributed by atoms with E-state index in [4.69, 9.17) is 0 Å². The number of hydrogen-bond acceptors (Lipinski definition) is 0. The highest BCUT2D eigenvalue weighted by Gasteiger charge is 2.35. The Morgan fingerprint density at radius 2 is 0.727 bits per heavy atom. The van der Waals surface area contributed by atoms with Gasteiger partial charge in [-0.1, -0.05) is 97.4 Å². The Hall–Kier alpha value is 0.532. The fraction of sp³-hybridized carbons (Fsp3) is 1.00. The predicted molar refractivity (Wildman–Crippen MR) is 106 cm³/mol. The van der Waals surface area contributed by atoms with Gasteiger partial charge in [0, 0.05) is 0 Å². The van der Waals surface area contributed by atoms with E-state index in [0.29, 0.717) is 16.2 Å². The smallest absolute Gasteiger partial charge is 0.0887 e. The molecule has 0 radical (unpaired) electrons. The molecule has 0 unspecified atom stereocenters. The zero-order chi connectivity index (χ0) is 17.4. The average Bonchev–Trinajstić information content (AvgIpc) is 2.25. The van der Waals surface area contributed by atoms with Gasteiger partial charge in [-0.2, -0.15) is 0 Å². The molecule has 0 rings (SSSR count). The van der Waals surface area contributed by atoms with Crippen molar-refractivity contribution in [1.82, 2.24) is 0 Å². The molecule has 0 fully saturated rings. The normalized spacial score (nSPS) is 13.5. The summed E-state index contributed by atoms with van der Waals surface area (Å²) in [6.07, 6.45) is 8.22. The summed E-state index contributed by atoms with van der Waals surface area (Å²) in [4.78, 5) is 0. The molecule has 132 valence electrons. The van der Waals surface area contributed by atoms with Gasteiger partial charge in [0.05, 0.1) is 0 Å². The largest absolute Gasteiger partial charge is 0.263 e. The van der Waals surface area contributed by atoms with E-state index < -0.39 is 14.1 Å². The minimum atomic E-state index is -0.704. The van der Waals surface area contributed by atoms with E-state index in [1.54, 1.807) is 15.8 Å². The van der Waals surface area contributed by atoms with Crippen LogP contribution in [-0.2, 0) is 0 Å². The Labute approximate surface area is 147 Å². The van der Waals surface area contributed by atoms with E-state index in [2.05, 4.69) is 62.3 Å². The van der Waals surface area contributed by atoms with Crippen molar-refractivity contribution in [2.45, 2.75) is 117 Å². The Kier molecular flexibility index (Phi) is 9.97. The first kappa shape index (κ1) is 22.5. The van der Waals surface area contributed by atoms with Gasteiger partial charge in [0.25, 0.3) is 14.1 Å². The van der Waals surface area contributed by atoms with Crippen LogP contribution >= 0.6 is 0 Å². The summed E-state index contributed by atoms with van der Waals surface area (Å²) in [5.74, 6) is 0. The average molecular weight is 325 g/mol. The summed E-state index contributed by atoms with van der Waals surface area (Å²) >= 11 is -0.704. The molecule has 0 heterocycles. The zero-order valence-electron chi connectivity index (χ0n) is 17.4. The third kappa shape index (κ3) is 10.3. The van der Waals surface area contributed by atoms with E-state index in [1.807, 2.05) is 0 Å². The maximum absolute atomic E-state index is 2.52. The van der Waals surface area contributed by atoms with Crippen LogP contribution in [0.25, 0.3) is 0 Å². The van der Waals surface area contributed by atoms with Crippen LogP contribution in [0.1, 0.15) is 101 Å². The summed E-state index contributed by atoms with van der Waals surface area (Å²) in [5, 5.41) is 4.63. The Balaban J connectivity index is 4.98. The summed E-state index contributed by atoms with van der Waals surface area (Å²) in [6.45, 7) is 22.2. The molecule has 0 bridgehead atoms. The molecule has 1 heteroatoms. The van der Waals surface area contributed by atoms with E-state index in [1.165, 1.54) is 38.5 Å². The summed E-state index contributed by atoms with van der Waals surface area (Å²) in [5.41, 5.74) is 1.70. The second kappa shape index (κ2) is 9.74. The van der Waals surface area contributed by atoms with Gasteiger partial charge in [-0.05, 0) is 35.5 Å². The molecule has 0 nitrogen and oxygen atoms in total. The van der Waals surface area contributed by atoms with Gasteiger partial charge >= 0.3 is 0 Å². The summed E-state index contributed by atoms with van der Waals surface area (Å²) in [7, 11) is 0. The molecule has 0 saturated carbocycles. The van der Waals surface area contributed by atoms with E-state index in [0.717, 1.165) is 0 Å². The van der Waals surface area contributed by atoms with E-state index in [-0.39, 0.29) is 0 Å². The second-order valence-electron chi connectivity index (χ2n) is 10.2. The first-order valence-corrected chi connectivity index (χ1v) is 12.4.